The smallest absolute Gasteiger partial charge is 0.191 e. The average Bonchev–Trinajstić information content (AvgIpc) is 3.16. The first kappa shape index (κ1) is 20.2. The van der Waals surface area contributed by atoms with Crippen LogP contribution in [-0.2, 0) is 0 Å². The summed E-state index contributed by atoms with van der Waals surface area (Å²) in [5.74, 6) is 1.76. The maximum absolute atomic E-state index is 4.38. The van der Waals surface area contributed by atoms with Crippen LogP contribution in [0.1, 0.15) is 37.6 Å². The second-order valence-electron chi connectivity index (χ2n) is 7.03. The molecular formula is C19H35N5S. The Morgan fingerprint density at radius 1 is 1.40 bits per heavy atom. The first-order chi connectivity index (χ1) is 12.1. The maximum Gasteiger partial charge on any atom is 0.191 e. The van der Waals surface area contributed by atoms with Gasteiger partial charge >= 0.3 is 0 Å². The number of hydrogen-bond acceptors (Lipinski definition) is 4. The number of guanidine groups is 1. The van der Waals surface area contributed by atoms with E-state index in [1.54, 1.807) is 0 Å². The Labute approximate surface area is 157 Å². The highest BCUT2D eigenvalue weighted by Gasteiger charge is 2.25. The van der Waals surface area contributed by atoms with Gasteiger partial charge in [-0.05, 0) is 56.9 Å². The van der Waals surface area contributed by atoms with E-state index in [4.69, 9.17) is 0 Å². The molecule has 142 valence electrons. The SMILES string of the molecule is CCN(C)CCNC(=NC)NCC(c1cccs1)N1CCC(C)CC1. The minimum absolute atomic E-state index is 0.435. The van der Waals surface area contributed by atoms with Crippen LogP contribution in [0.4, 0.5) is 0 Å². The third-order valence-corrected chi connectivity index (χ3v) is 6.12. The van der Waals surface area contributed by atoms with E-state index in [1.807, 2.05) is 18.4 Å². The Kier molecular flexibility index (Phi) is 8.72. The molecule has 2 rings (SSSR count). The molecule has 1 fully saturated rings. The lowest BCUT2D eigenvalue weighted by atomic mass is 9.97. The number of nitrogens with zero attached hydrogens (tertiary/aromatic N) is 3. The Hall–Kier alpha value is -1.11. The molecule has 1 aliphatic heterocycles. The van der Waals surface area contributed by atoms with Crippen molar-refractivity contribution in [3.63, 3.8) is 0 Å². The van der Waals surface area contributed by atoms with Gasteiger partial charge in [-0.15, -0.1) is 11.3 Å². The van der Waals surface area contributed by atoms with Crippen molar-refractivity contribution in [3.8, 4) is 0 Å². The van der Waals surface area contributed by atoms with Gasteiger partial charge < -0.3 is 15.5 Å². The Morgan fingerprint density at radius 3 is 2.76 bits per heavy atom. The number of likely N-dealkylation sites (tertiary alicyclic amines) is 1. The molecular weight excluding hydrogens is 330 g/mol. The highest BCUT2D eigenvalue weighted by atomic mass is 32.1. The van der Waals surface area contributed by atoms with Gasteiger partial charge in [-0.3, -0.25) is 9.89 Å². The van der Waals surface area contributed by atoms with Gasteiger partial charge in [0.15, 0.2) is 5.96 Å². The van der Waals surface area contributed by atoms with E-state index in [0.717, 1.165) is 38.1 Å². The lowest BCUT2D eigenvalue weighted by Crippen LogP contribution is -2.46. The summed E-state index contributed by atoms with van der Waals surface area (Å²) in [5, 5.41) is 9.15. The van der Waals surface area contributed by atoms with E-state index in [0.29, 0.717) is 6.04 Å². The Balaban J connectivity index is 1.88. The summed E-state index contributed by atoms with van der Waals surface area (Å²) in [6.45, 7) is 10.8. The lowest BCUT2D eigenvalue weighted by molar-refractivity contribution is 0.140. The zero-order chi connectivity index (χ0) is 18.1. The highest BCUT2D eigenvalue weighted by Crippen LogP contribution is 2.28. The van der Waals surface area contributed by atoms with Crippen molar-refractivity contribution in [1.82, 2.24) is 20.4 Å². The third-order valence-electron chi connectivity index (χ3n) is 5.14. The van der Waals surface area contributed by atoms with Crippen molar-refractivity contribution < 1.29 is 0 Å². The second kappa shape index (κ2) is 10.8. The molecule has 6 heteroatoms. The van der Waals surface area contributed by atoms with Gasteiger partial charge in [0.25, 0.3) is 0 Å². The predicted molar refractivity (Wildman–Crippen MR) is 110 cm³/mol. The molecule has 0 amide bonds. The van der Waals surface area contributed by atoms with Crippen molar-refractivity contribution in [1.29, 1.82) is 0 Å². The van der Waals surface area contributed by atoms with Gasteiger partial charge in [0.1, 0.15) is 0 Å². The number of hydrogen-bond donors (Lipinski definition) is 2. The number of piperidine rings is 1. The van der Waals surface area contributed by atoms with E-state index in [9.17, 15) is 0 Å². The molecule has 1 atom stereocenters. The van der Waals surface area contributed by atoms with Crippen LogP contribution in [0.25, 0.3) is 0 Å². The summed E-state index contributed by atoms with van der Waals surface area (Å²) in [6.07, 6.45) is 2.61. The summed E-state index contributed by atoms with van der Waals surface area (Å²) in [4.78, 5) is 10.8. The van der Waals surface area contributed by atoms with Crippen LogP contribution in [0, 0.1) is 5.92 Å². The van der Waals surface area contributed by atoms with Crippen molar-refractivity contribution in [2.75, 3.05) is 53.4 Å². The van der Waals surface area contributed by atoms with Crippen molar-refractivity contribution in [2.24, 2.45) is 10.9 Å². The fraction of sp³-hybridized carbons (Fsp3) is 0.737. The van der Waals surface area contributed by atoms with Crippen LogP contribution in [0.5, 0.6) is 0 Å². The van der Waals surface area contributed by atoms with Gasteiger partial charge in [0.05, 0.1) is 6.04 Å². The number of thiophene rings is 1. The zero-order valence-corrected chi connectivity index (χ0v) is 17.1. The van der Waals surface area contributed by atoms with Gasteiger partial charge in [-0.25, -0.2) is 0 Å². The maximum atomic E-state index is 4.38. The molecule has 1 unspecified atom stereocenters. The topological polar surface area (TPSA) is 42.9 Å². The fourth-order valence-corrected chi connectivity index (χ4v) is 4.03. The van der Waals surface area contributed by atoms with Crippen LogP contribution in [0.3, 0.4) is 0 Å². The average molecular weight is 366 g/mol. The number of aliphatic imine (C=N–C) groups is 1. The van der Waals surface area contributed by atoms with Crippen molar-refractivity contribution >= 4 is 17.3 Å². The molecule has 0 saturated carbocycles. The first-order valence-corrected chi connectivity index (χ1v) is 10.4. The minimum atomic E-state index is 0.435. The summed E-state index contributed by atoms with van der Waals surface area (Å²) >= 11 is 1.86. The molecule has 0 aromatic carbocycles. The summed E-state index contributed by atoms with van der Waals surface area (Å²) in [6, 6.07) is 4.86. The van der Waals surface area contributed by atoms with Crippen LogP contribution < -0.4 is 10.6 Å². The van der Waals surface area contributed by atoms with E-state index in [1.165, 1.54) is 30.8 Å². The Morgan fingerprint density at radius 2 is 2.16 bits per heavy atom. The summed E-state index contributed by atoms with van der Waals surface area (Å²) in [7, 11) is 3.99. The molecule has 2 N–H and O–H groups in total. The highest BCUT2D eigenvalue weighted by molar-refractivity contribution is 7.10. The molecule has 25 heavy (non-hydrogen) atoms. The second-order valence-corrected chi connectivity index (χ2v) is 8.00. The molecule has 1 aromatic heterocycles. The third kappa shape index (κ3) is 6.60. The predicted octanol–water partition coefficient (Wildman–Crippen LogP) is 2.64. The standard InChI is InChI=1S/C19H35N5S/c1-5-23(4)13-10-21-19(20-3)22-15-17(18-7-6-14-25-18)24-11-8-16(2)9-12-24/h6-7,14,16-17H,5,8-13,15H2,1-4H3,(H2,20,21,22). The number of rotatable bonds is 8. The summed E-state index contributed by atoms with van der Waals surface area (Å²) < 4.78 is 0. The molecule has 1 aliphatic rings. The van der Waals surface area contributed by atoms with Crippen LogP contribution in [0.2, 0.25) is 0 Å². The molecule has 1 saturated heterocycles. The van der Waals surface area contributed by atoms with Crippen molar-refractivity contribution in [2.45, 2.75) is 32.7 Å². The van der Waals surface area contributed by atoms with Crippen LogP contribution in [-0.4, -0.2) is 69.1 Å². The van der Waals surface area contributed by atoms with Gasteiger partial charge in [0.2, 0.25) is 0 Å². The molecule has 0 spiro atoms. The molecule has 1 aromatic rings. The fourth-order valence-electron chi connectivity index (χ4n) is 3.17. The van der Waals surface area contributed by atoms with Crippen LogP contribution >= 0.6 is 11.3 Å². The normalized spacial score (nSPS) is 18.5. The van der Waals surface area contributed by atoms with E-state index >= 15 is 0 Å². The molecule has 0 radical (unpaired) electrons. The largest absolute Gasteiger partial charge is 0.355 e. The van der Waals surface area contributed by atoms with E-state index in [2.05, 4.69) is 63.8 Å². The summed E-state index contributed by atoms with van der Waals surface area (Å²) in [5.41, 5.74) is 0. The molecule has 2 heterocycles. The molecule has 0 aliphatic carbocycles. The van der Waals surface area contributed by atoms with Crippen molar-refractivity contribution in [3.05, 3.63) is 22.4 Å². The number of likely N-dealkylation sites (N-methyl/N-ethyl adjacent to an activating group) is 1. The first-order valence-electron chi connectivity index (χ1n) is 9.54. The molecule has 5 nitrogen and oxygen atoms in total. The minimum Gasteiger partial charge on any atom is -0.355 e. The van der Waals surface area contributed by atoms with Gasteiger partial charge in [-0.1, -0.05) is 19.9 Å². The van der Waals surface area contributed by atoms with E-state index in [-0.39, 0.29) is 0 Å². The molecule has 0 bridgehead atoms. The number of nitrogens with one attached hydrogen (secondary N) is 2. The monoisotopic (exact) mass is 365 g/mol. The quantitative estimate of drug-likeness (QED) is 0.549. The Bertz CT molecular complexity index is 494. The lowest BCUT2D eigenvalue weighted by Gasteiger charge is -2.36. The van der Waals surface area contributed by atoms with E-state index < -0.39 is 0 Å². The zero-order valence-electron chi connectivity index (χ0n) is 16.3. The van der Waals surface area contributed by atoms with Gasteiger partial charge in [0, 0.05) is 31.6 Å². The van der Waals surface area contributed by atoms with Gasteiger partial charge in [-0.2, -0.15) is 0 Å². The van der Waals surface area contributed by atoms with Crippen LogP contribution in [0.15, 0.2) is 22.5 Å².